The van der Waals surface area contributed by atoms with Gasteiger partial charge in [-0.15, -0.1) is 0 Å². The van der Waals surface area contributed by atoms with Crippen LogP contribution in [-0.2, 0) is 0 Å². The first-order chi connectivity index (χ1) is 7.58. The zero-order valence-corrected chi connectivity index (χ0v) is 10.7. The van der Waals surface area contributed by atoms with Crippen molar-refractivity contribution >= 4 is 21.7 Å². The smallest absolute Gasteiger partial charge is 0.163 e. The number of ketones is 1. The number of rotatable bonds is 2. The summed E-state index contributed by atoms with van der Waals surface area (Å²) in [6, 6.07) is 7.78. The van der Waals surface area contributed by atoms with E-state index in [0.29, 0.717) is 5.56 Å². The van der Waals surface area contributed by atoms with Crippen molar-refractivity contribution in [3.05, 3.63) is 46.2 Å². The van der Waals surface area contributed by atoms with E-state index in [-0.39, 0.29) is 5.78 Å². The average molecular weight is 279 g/mol. The first-order valence-corrected chi connectivity index (χ1v) is 5.70. The Labute approximate surface area is 102 Å². The van der Waals surface area contributed by atoms with Crippen molar-refractivity contribution in [2.45, 2.75) is 13.8 Å². The summed E-state index contributed by atoms with van der Waals surface area (Å²) in [4.78, 5) is 11.3. The third-order valence-electron chi connectivity index (χ3n) is 2.37. The molecule has 2 aromatic rings. The maximum Gasteiger partial charge on any atom is 0.163 e. The molecule has 0 spiro atoms. The standard InChI is InChI=1S/C12H11BrN2O/c1-8-12(9(2)16)7-15(14-8)11-5-3-10(13)4-6-11/h3-7H,1-2H3. The molecular weight excluding hydrogens is 268 g/mol. The van der Waals surface area contributed by atoms with Gasteiger partial charge >= 0.3 is 0 Å². The molecule has 2 rings (SSSR count). The highest BCUT2D eigenvalue weighted by Crippen LogP contribution is 2.15. The Balaban J connectivity index is 2.45. The fourth-order valence-electron chi connectivity index (χ4n) is 1.53. The average Bonchev–Trinajstić information content (AvgIpc) is 2.61. The molecule has 1 aromatic carbocycles. The minimum atomic E-state index is 0.0425. The van der Waals surface area contributed by atoms with E-state index in [4.69, 9.17) is 0 Å². The van der Waals surface area contributed by atoms with Crippen molar-refractivity contribution in [3.63, 3.8) is 0 Å². The Morgan fingerprint density at radius 3 is 2.44 bits per heavy atom. The molecule has 0 amide bonds. The fourth-order valence-corrected chi connectivity index (χ4v) is 1.80. The molecule has 1 aromatic heterocycles. The molecule has 1 heterocycles. The summed E-state index contributed by atoms with van der Waals surface area (Å²) in [5.41, 5.74) is 2.37. The lowest BCUT2D eigenvalue weighted by Gasteiger charge is -2.00. The van der Waals surface area contributed by atoms with Gasteiger partial charge in [0.1, 0.15) is 0 Å². The molecule has 0 radical (unpaired) electrons. The zero-order valence-electron chi connectivity index (χ0n) is 9.07. The van der Waals surface area contributed by atoms with Crippen LogP contribution in [0.25, 0.3) is 5.69 Å². The molecule has 0 atom stereocenters. The molecule has 0 aliphatic carbocycles. The number of carbonyl (C=O) groups excluding carboxylic acids is 1. The van der Waals surface area contributed by atoms with Crippen molar-refractivity contribution in [1.82, 2.24) is 9.78 Å². The molecule has 0 N–H and O–H groups in total. The predicted molar refractivity (Wildman–Crippen MR) is 66.0 cm³/mol. The second-order valence-electron chi connectivity index (χ2n) is 3.61. The second kappa shape index (κ2) is 4.22. The maximum atomic E-state index is 11.3. The molecule has 0 saturated heterocycles. The molecule has 4 heteroatoms. The van der Waals surface area contributed by atoms with Crippen LogP contribution in [0.4, 0.5) is 0 Å². The summed E-state index contributed by atoms with van der Waals surface area (Å²) >= 11 is 3.38. The molecule has 0 fully saturated rings. The summed E-state index contributed by atoms with van der Waals surface area (Å²) in [6.07, 6.45) is 1.76. The number of hydrogen-bond acceptors (Lipinski definition) is 2. The fraction of sp³-hybridized carbons (Fsp3) is 0.167. The minimum absolute atomic E-state index is 0.0425. The van der Waals surface area contributed by atoms with Gasteiger partial charge in [-0.25, -0.2) is 4.68 Å². The molecule has 82 valence electrons. The van der Waals surface area contributed by atoms with Crippen LogP contribution in [0.15, 0.2) is 34.9 Å². The van der Waals surface area contributed by atoms with E-state index < -0.39 is 0 Å². The number of benzene rings is 1. The second-order valence-corrected chi connectivity index (χ2v) is 4.52. The van der Waals surface area contributed by atoms with E-state index in [9.17, 15) is 4.79 Å². The minimum Gasteiger partial charge on any atom is -0.294 e. The Morgan fingerprint density at radius 1 is 1.31 bits per heavy atom. The summed E-state index contributed by atoms with van der Waals surface area (Å²) in [6.45, 7) is 3.39. The lowest BCUT2D eigenvalue weighted by molar-refractivity contribution is 0.101. The van der Waals surface area contributed by atoms with Crippen molar-refractivity contribution in [1.29, 1.82) is 0 Å². The monoisotopic (exact) mass is 278 g/mol. The van der Waals surface area contributed by atoms with E-state index in [2.05, 4.69) is 21.0 Å². The maximum absolute atomic E-state index is 11.3. The molecule has 0 bridgehead atoms. The molecule has 0 aliphatic heterocycles. The lowest BCUT2D eigenvalue weighted by atomic mass is 10.2. The largest absolute Gasteiger partial charge is 0.294 e. The van der Waals surface area contributed by atoms with Gasteiger partial charge < -0.3 is 0 Å². The highest BCUT2D eigenvalue weighted by atomic mass is 79.9. The van der Waals surface area contributed by atoms with E-state index in [1.165, 1.54) is 0 Å². The van der Waals surface area contributed by atoms with Crippen molar-refractivity contribution < 1.29 is 4.79 Å². The van der Waals surface area contributed by atoms with Crippen molar-refractivity contribution in [2.75, 3.05) is 0 Å². The van der Waals surface area contributed by atoms with Gasteiger partial charge in [0.05, 0.1) is 16.9 Å². The van der Waals surface area contributed by atoms with Crippen LogP contribution in [0.5, 0.6) is 0 Å². The number of hydrogen-bond donors (Lipinski definition) is 0. The van der Waals surface area contributed by atoms with Crippen molar-refractivity contribution in [2.24, 2.45) is 0 Å². The van der Waals surface area contributed by atoms with Gasteiger partial charge in [0, 0.05) is 10.7 Å². The zero-order chi connectivity index (χ0) is 11.7. The van der Waals surface area contributed by atoms with E-state index in [0.717, 1.165) is 15.9 Å². The molecular formula is C12H11BrN2O. The lowest BCUT2D eigenvalue weighted by Crippen LogP contribution is -1.94. The Hall–Kier alpha value is -1.42. The summed E-state index contributed by atoms with van der Waals surface area (Å²) in [5.74, 6) is 0.0425. The first-order valence-electron chi connectivity index (χ1n) is 4.91. The predicted octanol–water partition coefficient (Wildman–Crippen LogP) is 3.15. The van der Waals surface area contributed by atoms with Crippen LogP contribution < -0.4 is 0 Å². The van der Waals surface area contributed by atoms with Crippen LogP contribution in [0, 0.1) is 6.92 Å². The van der Waals surface area contributed by atoms with Crippen molar-refractivity contribution in [3.8, 4) is 5.69 Å². The normalized spacial score (nSPS) is 10.4. The highest BCUT2D eigenvalue weighted by molar-refractivity contribution is 9.10. The summed E-state index contributed by atoms with van der Waals surface area (Å²) < 4.78 is 2.74. The molecule has 0 aliphatic rings. The molecule has 16 heavy (non-hydrogen) atoms. The number of halogens is 1. The van der Waals surface area contributed by atoms with Gasteiger partial charge in [0.25, 0.3) is 0 Å². The molecule has 3 nitrogen and oxygen atoms in total. The van der Waals surface area contributed by atoms with E-state index in [1.54, 1.807) is 17.8 Å². The topological polar surface area (TPSA) is 34.9 Å². The van der Waals surface area contributed by atoms with Crippen LogP contribution in [0.1, 0.15) is 23.0 Å². The molecule has 0 unspecified atom stereocenters. The summed E-state index contributed by atoms with van der Waals surface area (Å²) in [5, 5.41) is 4.31. The number of carbonyl (C=O) groups is 1. The highest BCUT2D eigenvalue weighted by Gasteiger charge is 2.09. The van der Waals surface area contributed by atoms with E-state index in [1.807, 2.05) is 31.2 Å². The Morgan fingerprint density at radius 2 is 1.94 bits per heavy atom. The third kappa shape index (κ3) is 2.07. The quantitative estimate of drug-likeness (QED) is 0.791. The Bertz CT molecular complexity index is 528. The number of aromatic nitrogens is 2. The number of nitrogens with zero attached hydrogens (tertiary/aromatic N) is 2. The van der Waals surface area contributed by atoms with E-state index >= 15 is 0 Å². The van der Waals surface area contributed by atoms with Gasteiger partial charge in [0.2, 0.25) is 0 Å². The van der Waals surface area contributed by atoms with Crippen LogP contribution in [0.2, 0.25) is 0 Å². The summed E-state index contributed by atoms with van der Waals surface area (Å²) in [7, 11) is 0. The number of aryl methyl sites for hydroxylation is 1. The van der Waals surface area contributed by atoms with Crippen LogP contribution in [-0.4, -0.2) is 15.6 Å². The Kier molecular flexibility index (Phi) is 2.92. The molecule has 0 saturated carbocycles. The van der Waals surface area contributed by atoms with Crippen LogP contribution >= 0.6 is 15.9 Å². The van der Waals surface area contributed by atoms with Crippen LogP contribution in [0.3, 0.4) is 0 Å². The van der Waals surface area contributed by atoms with Gasteiger partial charge in [-0.05, 0) is 38.1 Å². The third-order valence-corrected chi connectivity index (χ3v) is 2.90. The van der Waals surface area contributed by atoms with Gasteiger partial charge in [0.15, 0.2) is 5.78 Å². The number of Topliss-reactive ketones (excluding diaryl/α,β-unsaturated/α-hetero) is 1. The van der Waals surface area contributed by atoms with Gasteiger partial charge in [-0.3, -0.25) is 4.79 Å². The SMILES string of the molecule is CC(=O)c1cn(-c2ccc(Br)cc2)nc1C. The van der Waals surface area contributed by atoms with Gasteiger partial charge in [-0.2, -0.15) is 5.10 Å². The first kappa shape index (κ1) is 11.1. The van der Waals surface area contributed by atoms with Gasteiger partial charge in [-0.1, -0.05) is 15.9 Å².